The van der Waals surface area contributed by atoms with Crippen molar-refractivity contribution in [2.24, 2.45) is 0 Å². The molecule has 0 spiro atoms. The molecule has 0 aliphatic rings. The number of unbranched alkanes of at least 4 members (excludes halogenated alkanes) is 1. The fourth-order valence-corrected chi connectivity index (χ4v) is 1.69. The van der Waals surface area contributed by atoms with Crippen LogP contribution >= 0.6 is 15.9 Å². The number of carboxylic acids is 1. The number of hydrogen-bond acceptors (Lipinski definition) is 2. The average molecular weight is 301 g/mol. The summed E-state index contributed by atoms with van der Waals surface area (Å²) in [5, 5.41) is 9.05. The standard InChI is InChI=1S/C13H17BrO3/c1-2-3-8-17-12(13(15)16)9-10-4-6-11(14)7-5-10/h4-7,12H,2-3,8-9H2,1H3,(H,15,16)/t12-/m1/s1. The molecule has 1 aromatic carbocycles. The molecule has 0 amide bonds. The van der Waals surface area contributed by atoms with Crippen LogP contribution in [0.3, 0.4) is 0 Å². The van der Waals surface area contributed by atoms with Crippen LogP contribution in [0.5, 0.6) is 0 Å². The molecule has 0 saturated heterocycles. The van der Waals surface area contributed by atoms with E-state index in [0.717, 1.165) is 22.9 Å². The number of aliphatic carboxylic acids is 1. The highest BCUT2D eigenvalue weighted by Crippen LogP contribution is 2.13. The molecular weight excluding hydrogens is 284 g/mol. The Morgan fingerprint density at radius 2 is 2.06 bits per heavy atom. The minimum absolute atomic E-state index is 0.409. The van der Waals surface area contributed by atoms with Gasteiger partial charge in [0, 0.05) is 17.5 Å². The summed E-state index contributed by atoms with van der Waals surface area (Å²) < 4.78 is 6.35. The van der Waals surface area contributed by atoms with E-state index in [0.29, 0.717) is 13.0 Å². The van der Waals surface area contributed by atoms with Gasteiger partial charge in [0.25, 0.3) is 0 Å². The van der Waals surface area contributed by atoms with Crippen LogP contribution in [0.15, 0.2) is 28.7 Å². The third kappa shape index (κ3) is 5.33. The summed E-state index contributed by atoms with van der Waals surface area (Å²) in [5.41, 5.74) is 0.970. The van der Waals surface area contributed by atoms with Crippen LogP contribution in [-0.2, 0) is 16.0 Å². The second-order valence-corrected chi connectivity index (χ2v) is 4.80. The zero-order valence-electron chi connectivity index (χ0n) is 9.86. The first-order chi connectivity index (χ1) is 8.13. The largest absolute Gasteiger partial charge is 0.479 e. The maximum atomic E-state index is 11.0. The van der Waals surface area contributed by atoms with Gasteiger partial charge in [-0.05, 0) is 24.1 Å². The third-order valence-corrected chi connectivity index (χ3v) is 2.96. The Balaban J connectivity index is 2.54. The predicted molar refractivity (Wildman–Crippen MR) is 70.1 cm³/mol. The van der Waals surface area contributed by atoms with Crippen molar-refractivity contribution in [1.82, 2.24) is 0 Å². The molecule has 1 N–H and O–H groups in total. The molecule has 1 rings (SSSR count). The second-order valence-electron chi connectivity index (χ2n) is 3.88. The molecular formula is C13H17BrO3. The molecule has 17 heavy (non-hydrogen) atoms. The fourth-order valence-electron chi connectivity index (χ4n) is 1.42. The fraction of sp³-hybridized carbons (Fsp3) is 0.462. The molecule has 94 valence electrons. The number of carbonyl (C=O) groups is 1. The molecule has 1 aromatic rings. The van der Waals surface area contributed by atoms with Gasteiger partial charge in [-0.25, -0.2) is 4.79 Å². The SMILES string of the molecule is CCCCO[C@H](Cc1ccc(Br)cc1)C(=O)O. The van der Waals surface area contributed by atoms with E-state index >= 15 is 0 Å². The maximum Gasteiger partial charge on any atom is 0.333 e. The summed E-state index contributed by atoms with van der Waals surface area (Å²) in [6.45, 7) is 2.55. The van der Waals surface area contributed by atoms with Crippen molar-refractivity contribution in [3.8, 4) is 0 Å². The topological polar surface area (TPSA) is 46.5 Å². The first-order valence-electron chi connectivity index (χ1n) is 5.72. The van der Waals surface area contributed by atoms with Crippen LogP contribution in [0, 0.1) is 0 Å². The van der Waals surface area contributed by atoms with Crippen LogP contribution in [0.4, 0.5) is 0 Å². The molecule has 0 bridgehead atoms. The van der Waals surface area contributed by atoms with E-state index in [4.69, 9.17) is 9.84 Å². The van der Waals surface area contributed by atoms with Gasteiger partial charge in [0.1, 0.15) is 0 Å². The van der Waals surface area contributed by atoms with Gasteiger partial charge >= 0.3 is 5.97 Å². The number of halogens is 1. The van der Waals surface area contributed by atoms with Gasteiger partial charge < -0.3 is 9.84 Å². The highest BCUT2D eigenvalue weighted by molar-refractivity contribution is 9.10. The number of hydrogen-bond donors (Lipinski definition) is 1. The molecule has 0 radical (unpaired) electrons. The van der Waals surface area contributed by atoms with Crippen molar-refractivity contribution in [1.29, 1.82) is 0 Å². The minimum Gasteiger partial charge on any atom is -0.479 e. The van der Waals surface area contributed by atoms with Gasteiger partial charge in [-0.2, -0.15) is 0 Å². The van der Waals surface area contributed by atoms with Gasteiger partial charge in [0.15, 0.2) is 6.10 Å². The van der Waals surface area contributed by atoms with Gasteiger partial charge in [-0.15, -0.1) is 0 Å². The van der Waals surface area contributed by atoms with Crippen molar-refractivity contribution in [2.45, 2.75) is 32.3 Å². The lowest BCUT2D eigenvalue weighted by Gasteiger charge is -2.13. The van der Waals surface area contributed by atoms with Crippen molar-refractivity contribution >= 4 is 21.9 Å². The third-order valence-electron chi connectivity index (χ3n) is 2.43. The van der Waals surface area contributed by atoms with E-state index in [1.54, 1.807) is 0 Å². The molecule has 0 fully saturated rings. The Morgan fingerprint density at radius 3 is 2.59 bits per heavy atom. The summed E-state index contributed by atoms with van der Waals surface area (Å²) in [4.78, 5) is 11.0. The zero-order valence-corrected chi connectivity index (χ0v) is 11.4. The second kappa shape index (κ2) is 7.45. The Bertz CT molecular complexity index is 348. The first kappa shape index (κ1) is 14.2. The minimum atomic E-state index is -0.899. The summed E-state index contributed by atoms with van der Waals surface area (Å²) in [6.07, 6.45) is 1.56. The molecule has 3 nitrogen and oxygen atoms in total. The quantitative estimate of drug-likeness (QED) is 0.786. The first-order valence-corrected chi connectivity index (χ1v) is 6.51. The van der Waals surface area contributed by atoms with Gasteiger partial charge in [-0.1, -0.05) is 41.4 Å². The molecule has 0 aromatic heterocycles. The highest BCUT2D eigenvalue weighted by Gasteiger charge is 2.18. The molecule has 1 atom stereocenters. The zero-order chi connectivity index (χ0) is 12.7. The molecule has 0 aliphatic heterocycles. The predicted octanol–water partition coefficient (Wildman–Crippen LogP) is 3.26. The normalized spacial score (nSPS) is 12.4. The van der Waals surface area contributed by atoms with E-state index in [9.17, 15) is 4.79 Å². The van der Waals surface area contributed by atoms with Gasteiger partial charge in [-0.3, -0.25) is 0 Å². The lowest BCUT2D eigenvalue weighted by molar-refractivity contribution is -0.150. The maximum absolute atomic E-state index is 11.0. The van der Waals surface area contributed by atoms with E-state index in [2.05, 4.69) is 15.9 Å². The molecule has 0 heterocycles. The van der Waals surface area contributed by atoms with E-state index in [-0.39, 0.29) is 0 Å². The van der Waals surface area contributed by atoms with Crippen LogP contribution in [0.2, 0.25) is 0 Å². The monoisotopic (exact) mass is 300 g/mol. The lowest BCUT2D eigenvalue weighted by atomic mass is 10.1. The van der Waals surface area contributed by atoms with Crippen LogP contribution in [0.1, 0.15) is 25.3 Å². The Labute approximate surface area is 110 Å². The molecule has 0 saturated carbocycles. The van der Waals surface area contributed by atoms with E-state index in [1.807, 2.05) is 31.2 Å². The van der Waals surface area contributed by atoms with Crippen molar-refractivity contribution < 1.29 is 14.6 Å². The van der Waals surface area contributed by atoms with Crippen LogP contribution in [0.25, 0.3) is 0 Å². The van der Waals surface area contributed by atoms with Crippen LogP contribution in [-0.4, -0.2) is 23.8 Å². The number of carboxylic acid groups (broad SMARTS) is 1. The number of rotatable bonds is 7. The summed E-state index contributed by atoms with van der Waals surface area (Å²) in [5.74, 6) is -0.899. The van der Waals surface area contributed by atoms with Gasteiger partial charge in [0.2, 0.25) is 0 Å². The molecule has 0 aliphatic carbocycles. The highest BCUT2D eigenvalue weighted by atomic mass is 79.9. The van der Waals surface area contributed by atoms with Crippen molar-refractivity contribution in [3.63, 3.8) is 0 Å². The smallest absolute Gasteiger partial charge is 0.333 e. The van der Waals surface area contributed by atoms with Crippen LogP contribution < -0.4 is 0 Å². The van der Waals surface area contributed by atoms with E-state index in [1.165, 1.54) is 0 Å². The van der Waals surface area contributed by atoms with E-state index < -0.39 is 12.1 Å². The summed E-state index contributed by atoms with van der Waals surface area (Å²) >= 11 is 3.34. The van der Waals surface area contributed by atoms with Gasteiger partial charge in [0.05, 0.1) is 0 Å². The molecule has 0 unspecified atom stereocenters. The number of benzene rings is 1. The Kier molecular flexibility index (Phi) is 6.22. The van der Waals surface area contributed by atoms with Crippen molar-refractivity contribution in [3.05, 3.63) is 34.3 Å². The molecule has 4 heteroatoms. The summed E-state index contributed by atoms with van der Waals surface area (Å²) in [6, 6.07) is 7.62. The summed E-state index contributed by atoms with van der Waals surface area (Å²) in [7, 11) is 0. The number of ether oxygens (including phenoxy) is 1. The lowest BCUT2D eigenvalue weighted by Crippen LogP contribution is -2.26. The Hall–Kier alpha value is -0.870. The average Bonchev–Trinajstić information content (AvgIpc) is 2.30. The van der Waals surface area contributed by atoms with Crippen molar-refractivity contribution in [2.75, 3.05) is 6.61 Å². The Morgan fingerprint density at radius 1 is 1.41 bits per heavy atom.